The number of aryl methyl sites for hydroxylation is 1. The number of halogens is 1. The highest BCUT2D eigenvalue weighted by Crippen LogP contribution is 2.15. The van der Waals surface area contributed by atoms with Crippen LogP contribution < -0.4 is 5.73 Å². The topological polar surface area (TPSA) is 59.2 Å². The first kappa shape index (κ1) is 14.5. The molecule has 0 spiro atoms. The minimum Gasteiger partial charge on any atom is -0.384 e. The predicted octanol–water partition coefficient (Wildman–Crippen LogP) is 3.01. The van der Waals surface area contributed by atoms with Crippen LogP contribution in [0.3, 0.4) is 0 Å². The van der Waals surface area contributed by atoms with E-state index in [1.54, 1.807) is 24.1 Å². The van der Waals surface area contributed by atoms with Crippen molar-refractivity contribution in [1.29, 1.82) is 0 Å². The number of hydrogen-bond acceptors (Lipinski definition) is 3. The summed E-state index contributed by atoms with van der Waals surface area (Å²) in [6, 6.07) is 11.2. The molecule has 0 aliphatic heterocycles. The van der Waals surface area contributed by atoms with Crippen LogP contribution in [0.15, 0.2) is 40.9 Å². The second kappa shape index (κ2) is 6.05. The molecule has 1 heterocycles. The first-order chi connectivity index (χ1) is 9.45. The lowest BCUT2D eigenvalue weighted by molar-refractivity contribution is 0.0785. The Morgan fingerprint density at radius 1 is 1.35 bits per heavy atom. The molecule has 1 aromatic heterocycles. The molecule has 2 N–H and O–H groups in total. The van der Waals surface area contributed by atoms with Gasteiger partial charge in [-0.3, -0.25) is 4.79 Å². The van der Waals surface area contributed by atoms with E-state index in [9.17, 15) is 4.79 Å². The Kier molecular flexibility index (Phi) is 4.39. The monoisotopic (exact) mass is 333 g/mol. The van der Waals surface area contributed by atoms with Gasteiger partial charge in [0.1, 0.15) is 5.82 Å². The first-order valence-corrected chi connectivity index (χ1v) is 6.99. The molecule has 0 saturated carbocycles. The van der Waals surface area contributed by atoms with E-state index < -0.39 is 0 Å². The zero-order valence-corrected chi connectivity index (χ0v) is 13.0. The highest BCUT2D eigenvalue weighted by Gasteiger charge is 2.13. The number of anilines is 1. The Balaban J connectivity index is 2.16. The van der Waals surface area contributed by atoms with Crippen molar-refractivity contribution in [3.05, 3.63) is 57.7 Å². The average Bonchev–Trinajstić information content (AvgIpc) is 2.36. The quantitative estimate of drug-likeness (QED) is 0.939. The minimum absolute atomic E-state index is 0.0674. The van der Waals surface area contributed by atoms with Crippen molar-refractivity contribution in [2.24, 2.45) is 0 Å². The fourth-order valence-electron chi connectivity index (χ4n) is 2.02. The molecule has 0 radical (unpaired) electrons. The van der Waals surface area contributed by atoms with Gasteiger partial charge in [-0.25, -0.2) is 4.98 Å². The highest BCUT2D eigenvalue weighted by molar-refractivity contribution is 9.10. The maximum absolute atomic E-state index is 12.4. The van der Waals surface area contributed by atoms with Crippen LogP contribution in [0, 0.1) is 6.92 Å². The van der Waals surface area contributed by atoms with Gasteiger partial charge in [0, 0.05) is 29.3 Å². The number of amides is 1. The number of carbonyl (C=O) groups excluding carboxylic acids is 1. The number of hydrogen-bond donors (Lipinski definition) is 1. The molecule has 0 saturated heterocycles. The fraction of sp³-hybridized carbons (Fsp3) is 0.200. The van der Waals surface area contributed by atoms with E-state index in [4.69, 9.17) is 5.73 Å². The largest absolute Gasteiger partial charge is 0.384 e. The number of pyridine rings is 1. The van der Waals surface area contributed by atoms with Gasteiger partial charge in [0.2, 0.25) is 0 Å². The predicted molar refractivity (Wildman–Crippen MR) is 83.3 cm³/mol. The van der Waals surface area contributed by atoms with E-state index >= 15 is 0 Å². The van der Waals surface area contributed by atoms with Crippen LogP contribution in [0.4, 0.5) is 5.82 Å². The molecule has 0 fully saturated rings. The van der Waals surface area contributed by atoms with Crippen molar-refractivity contribution in [3.63, 3.8) is 0 Å². The van der Waals surface area contributed by atoms with Gasteiger partial charge in [-0.2, -0.15) is 0 Å². The van der Waals surface area contributed by atoms with E-state index in [0.717, 1.165) is 15.7 Å². The van der Waals surface area contributed by atoms with E-state index in [2.05, 4.69) is 20.9 Å². The summed E-state index contributed by atoms with van der Waals surface area (Å²) in [6.07, 6.45) is 0. The molecule has 0 unspecified atom stereocenters. The third kappa shape index (κ3) is 3.57. The normalized spacial score (nSPS) is 10.3. The minimum atomic E-state index is -0.0674. The first-order valence-electron chi connectivity index (χ1n) is 6.20. The molecule has 0 atom stereocenters. The maximum Gasteiger partial charge on any atom is 0.254 e. The Hall–Kier alpha value is -1.88. The lowest BCUT2D eigenvalue weighted by Crippen LogP contribution is -2.26. The average molecular weight is 334 g/mol. The number of nitrogens with two attached hydrogens (primary N) is 1. The molecule has 2 rings (SSSR count). The molecule has 1 amide bonds. The third-order valence-electron chi connectivity index (χ3n) is 2.88. The molecule has 20 heavy (non-hydrogen) atoms. The van der Waals surface area contributed by atoms with Gasteiger partial charge in [0.25, 0.3) is 5.91 Å². The standard InChI is InChI=1S/C15H16BrN3O/c1-10-6-12(8-14(17)18-10)15(20)19(2)9-11-4-3-5-13(16)7-11/h3-8H,9H2,1-2H3,(H2,17,18). The van der Waals surface area contributed by atoms with Gasteiger partial charge in [0.05, 0.1) is 0 Å². The van der Waals surface area contributed by atoms with Crippen LogP contribution >= 0.6 is 15.9 Å². The summed E-state index contributed by atoms with van der Waals surface area (Å²) < 4.78 is 1.000. The molecule has 1 aromatic carbocycles. The number of nitrogens with zero attached hydrogens (tertiary/aromatic N) is 2. The molecule has 104 valence electrons. The summed E-state index contributed by atoms with van der Waals surface area (Å²) in [4.78, 5) is 18.1. The van der Waals surface area contributed by atoms with Crippen LogP contribution in [-0.4, -0.2) is 22.8 Å². The molecule has 0 aliphatic rings. The highest BCUT2D eigenvalue weighted by atomic mass is 79.9. The van der Waals surface area contributed by atoms with Crippen molar-refractivity contribution in [2.75, 3.05) is 12.8 Å². The Labute approximate surface area is 126 Å². The number of aromatic nitrogens is 1. The molecule has 2 aromatic rings. The Morgan fingerprint density at radius 2 is 2.10 bits per heavy atom. The van der Waals surface area contributed by atoms with Crippen LogP contribution in [-0.2, 0) is 6.54 Å². The van der Waals surface area contributed by atoms with E-state index in [-0.39, 0.29) is 5.91 Å². The van der Waals surface area contributed by atoms with Crippen LogP contribution in [0.5, 0.6) is 0 Å². The smallest absolute Gasteiger partial charge is 0.254 e. The summed E-state index contributed by atoms with van der Waals surface area (Å²) in [5.74, 6) is 0.298. The lowest BCUT2D eigenvalue weighted by atomic mass is 10.1. The number of rotatable bonds is 3. The van der Waals surface area contributed by atoms with Gasteiger partial charge in [-0.15, -0.1) is 0 Å². The Bertz CT molecular complexity index is 623. The van der Waals surface area contributed by atoms with Gasteiger partial charge in [-0.05, 0) is 36.8 Å². The second-order valence-corrected chi connectivity index (χ2v) is 5.63. The van der Waals surface area contributed by atoms with Crippen molar-refractivity contribution < 1.29 is 4.79 Å². The summed E-state index contributed by atoms with van der Waals surface area (Å²) in [5, 5.41) is 0. The molecular weight excluding hydrogens is 318 g/mol. The molecule has 0 aliphatic carbocycles. The van der Waals surface area contributed by atoms with E-state index in [1.807, 2.05) is 31.2 Å². The summed E-state index contributed by atoms with van der Waals surface area (Å²) in [6.45, 7) is 2.36. The van der Waals surface area contributed by atoms with E-state index in [0.29, 0.717) is 17.9 Å². The van der Waals surface area contributed by atoms with Crippen LogP contribution in [0.2, 0.25) is 0 Å². The van der Waals surface area contributed by atoms with Gasteiger partial charge >= 0.3 is 0 Å². The van der Waals surface area contributed by atoms with Gasteiger partial charge in [-0.1, -0.05) is 28.1 Å². The summed E-state index contributed by atoms with van der Waals surface area (Å²) in [5.41, 5.74) is 8.05. The molecule has 5 heteroatoms. The number of benzene rings is 1. The molecular formula is C15H16BrN3O. The van der Waals surface area contributed by atoms with Crippen molar-refractivity contribution in [1.82, 2.24) is 9.88 Å². The Morgan fingerprint density at radius 3 is 2.75 bits per heavy atom. The summed E-state index contributed by atoms with van der Waals surface area (Å²) in [7, 11) is 1.77. The SMILES string of the molecule is Cc1cc(C(=O)N(C)Cc2cccc(Br)c2)cc(N)n1. The zero-order chi connectivity index (χ0) is 14.7. The van der Waals surface area contributed by atoms with Crippen molar-refractivity contribution >= 4 is 27.7 Å². The van der Waals surface area contributed by atoms with Crippen LogP contribution in [0.25, 0.3) is 0 Å². The number of nitrogen functional groups attached to an aromatic ring is 1. The van der Waals surface area contributed by atoms with Crippen molar-refractivity contribution in [3.8, 4) is 0 Å². The number of carbonyl (C=O) groups is 1. The molecule has 0 bridgehead atoms. The maximum atomic E-state index is 12.4. The zero-order valence-electron chi connectivity index (χ0n) is 11.4. The molecule has 4 nitrogen and oxygen atoms in total. The second-order valence-electron chi connectivity index (χ2n) is 4.71. The van der Waals surface area contributed by atoms with Crippen molar-refractivity contribution in [2.45, 2.75) is 13.5 Å². The van der Waals surface area contributed by atoms with E-state index in [1.165, 1.54) is 0 Å². The summed E-state index contributed by atoms with van der Waals surface area (Å²) >= 11 is 3.42. The van der Waals surface area contributed by atoms with Crippen LogP contribution in [0.1, 0.15) is 21.6 Å². The third-order valence-corrected chi connectivity index (χ3v) is 3.37. The van der Waals surface area contributed by atoms with Gasteiger partial charge < -0.3 is 10.6 Å². The fourth-order valence-corrected chi connectivity index (χ4v) is 2.47. The van der Waals surface area contributed by atoms with Gasteiger partial charge in [0.15, 0.2) is 0 Å². The lowest BCUT2D eigenvalue weighted by Gasteiger charge is -2.18.